The van der Waals surface area contributed by atoms with Crippen molar-refractivity contribution in [3.05, 3.63) is 0 Å². The van der Waals surface area contributed by atoms with Crippen molar-refractivity contribution in [3.63, 3.8) is 0 Å². The van der Waals surface area contributed by atoms with Gasteiger partial charge < -0.3 is 5.11 Å². The fourth-order valence-corrected chi connectivity index (χ4v) is 0.958. The van der Waals surface area contributed by atoms with E-state index in [1.807, 2.05) is 0 Å². The van der Waals surface area contributed by atoms with Crippen LogP contribution in [0.4, 0.5) is 0 Å². The van der Waals surface area contributed by atoms with Gasteiger partial charge in [-0.05, 0) is 0 Å². The van der Waals surface area contributed by atoms with E-state index in [1.165, 1.54) is 0 Å². The van der Waals surface area contributed by atoms with Crippen molar-refractivity contribution >= 4 is 27.5 Å². The van der Waals surface area contributed by atoms with Crippen LogP contribution < -0.4 is 0 Å². The van der Waals surface area contributed by atoms with Gasteiger partial charge in [0.1, 0.15) is 0 Å². The predicted octanol–water partition coefficient (Wildman–Crippen LogP) is -0.939. The predicted molar refractivity (Wildman–Crippen MR) is 40.6 cm³/mol. The molecule has 1 N–H and O–H groups in total. The maximum absolute atomic E-state index is 10.5. The number of sulfonamides is 1. The fourth-order valence-electron chi connectivity index (χ4n) is 0.420. The number of Topliss-reactive ketones (excluding diaryl/α,β-unsaturated/α-hetero) is 1. The molecule has 0 radical (unpaired) electrons. The van der Waals surface area contributed by atoms with Gasteiger partial charge in [0.15, 0.2) is 5.78 Å². The molecule has 0 atom stereocenters. The molecule has 0 saturated heterocycles. The molecule has 0 spiro atoms. The van der Waals surface area contributed by atoms with Crippen LogP contribution in [0.2, 0.25) is 0 Å². The van der Waals surface area contributed by atoms with Gasteiger partial charge in [-0.2, -0.15) is 4.40 Å². The minimum atomic E-state index is -3.83. The Morgan fingerprint density at radius 3 is 1.83 bits per heavy atom. The average molecular weight is 193 g/mol. The minimum Gasteiger partial charge on any atom is -0.476 e. The van der Waals surface area contributed by atoms with Crippen LogP contribution in [0.25, 0.3) is 0 Å². The molecule has 0 saturated carbocycles. The lowest BCUT2D eigenvalue weighted by molar-refractivity contribution is -0.130. The zero-order chi connectivity index (χ0) is 9.94. The second-order valence-electron chi connectivity index (χ2n) is 2.03. The van der Waals surface area contributed by atoms with E-state index >= 15 is 0 Å². The second-order valence-corrected chi connectivity index (χ2v) is 3.68. The van der Waals surface area contributed by atoms with Crippen molar-refractivity contribution in [2.24, 2.45) is 4.40 Å². The molecule has 0 aromatic heterocycles. The number of nitrogens with zero attached hydrogens (tertiary/aromatic N) is 1. The Hall–Kier alpha value is -1.24. The van der Waals surface area contributed by atoms with Gasteiger partial charge in [-0.1, -0.05) is 0 Å². The number of carbonyl (C=O) groups excluding carboxylic acids is 1. The van der Waals surface area contributed by atoms with Gasteiger partial charge in [-0.3, -0.25) is 4.79 Å². The molecule has 7 heteroatoms. The maximum atomic E-state index is 10.5. The van der Waals surface area contributed by atoms with Crippen molar-refractivity contribution in [2.75, 3.05) is 6.26 Å². The summed E-state index contributed by atoms with van der Waals surface area (Å²) in [4.78, 5) is 20.7. The topological polar surface area (TPSA) is 101 Å². The SMILES string of the molecule is CC(=O)/C(=N/S(C)(=O)=O)C(=O)O. The first-order valence-corrected chi connectivity index (χ1v) is 4.63. The Morgan fingerprint density at radius 2 is 1.75 bits per heavy atom. The first kappa shape index (κ1) is 10.8. The molecule has 0 aliphatic rings. The highest BCUT2D eigenvalue weighted by atomic mass is 32.2. The summed E-state index contributed by atoms with van der Waals surface area (Å²) in [5.74, 6) is -2.54. The summed E-state index contributed by atoms with van der Waals surface area (Å²) < 4.78 is 23.6. The summed E-state index contributed by atoms with van der Waals surface area (Å²) in [7, 11) is -3.83. The van der Waals surface area contributed by atoms with Crippen LogP contribution >= 0.6 is 0 Å². The average Bonchev–Trinajstić information content (AvgIpc) is 1.79. The van der Waals surface area contributed by atoms with Gasteiger partial charge >= 0.3 is 5.97 Å². The van der Waals surface area contributed by atoms with Crippen LogP contribution in [-0.4, -0.2) is 37.2 Å². The smallest absolute Gasteiger partial charge is 0.359 e. The standard InChI is InChI=1S/C5H7NO5S/c1-3(7)4(5(8)9)6-12(2,10)11/h1-2H3,(H,8,9)/b6-4-. The van der Waals surface area contributed by atoms with Crippen LogP contribution in [0, 0.1) is 0 Å². The third kappa shape index (κ3) is 3.81. The number of hydrogen-bond acceptors (Lipinski definition) is 4. The van der Waals surface area contributed by atoms with Crippen molar-refractivity contribution < 1.29 is 23.1 Å². The lowest BCUT2D eigenvalue weighted by atomic mass is 10.3. The molecule has 0 bridgehead atoms. The van der Waals surface area contributed by atoms with Crippen LogP contribution in [0.1, 0.15) is 6.92 Å². The van der Waals surface area contributed by atoms with Gasteiger partial charge in [0, 0.05) is 6.92 Å². The van der Waals surface area contributed by atoms with E-state index in [0.29, 0.717) is 6.26 Å². The zero-order valence-corrected chi connectivity index (χ0v) is 7.25. The van der Waals surface area contributed by atoms with E-state index in [2.05, 4.69) is 4.40 Å². The van der Waals surface area contributed by atoms with Crippen molar-refractivity contribution in [1.82, 2.24) is 0 Å². The van der Waals surface area contributed by atoms with Gasteiger partial charge in [0.25, 0.3) is 10.0 Å². The molecule has 6 nitrogen and oxygen atoms in total. The quantitative estimate of drug-likeness (QED) is 0.460. The summed E-state index contributed by atoms with van der Waals surface area (Å²) in [6, 6.07) is 0. The van der Waals surface area contributed by atoms with E-state index in [1.54, 1.807) is 0 Å². The van der Waals surface area contributed by atoms with E-state index in [9.17, 15) is 18.0 Å². The monoisotopic (exact) mass is 193 g/mol. The summed E-state index contributed by atoms with van der Waals surface area (Å²) >= 11 is 0. The van der Waals surface area contributed by atoms with Crippen LogP contribution in [0.5, 0.6) is 0 Å². The number of hydrogen-bond donors (Lipinski definition) is 1. The number of ketones is 1. The van der Waals surface area contributed by atoms with E-state index in [0.717, 1.165) is 6.92 Å². The molecule has 0 unspecified atom stereocenters. The Kier molecular flexibility index (Phi) is 3.08. The summed E-state index contributed by atoms with van der Waals surface area (Å²) in [6.45, 7) is 0.929. The highest BCUT2D eigenvalue weighted by molar-refractivity contribution is 7.89. The molecule has 0 fully saturated rings. The number of carbonyl (C=O) groups is 2. The molecular weight excluding hydrogens is 186 g/mol. The third-order valence-corrected chi connectivity index (χ3v) is 1.31. The van der Waals surface area contributed by atoms with Crippen LogP contribution in [-0.2, 0) is 19.6 Å². The molecular formula is C5H7NO5S. The van der Waals surface area contributed by atoms with Crippen LogP contribution in [0.15, 0.2) is 4.40 Å². The van der Waals surface area contributed by atoms with E-state index in [-0.39, 0.29) is 0 Å². The first-order chi connectivity index (χ1) is 5.24. The Labute approximate surface area is 69.0 Å². The Morgan fingerprint density at radius 1 is 1.33 bits per heavy atom. The highest BCUT2D eigenvalue weighted by Crippen LogP contribution is 1.90. The molecule has 0 aromatic rings. The first-order valence-electron chi connectivity index (χ1n) is 2.78. The van der Waals surface area contributed by atoms with Crippen molar-refractivity contribution in [2.45, 2.75) is 6.92 Å². The van der Waals surface area contributed by atoms with Gasteiger partial charge in [0.05, 0.1) is 6.26 Å². The van der Waals surface area contributed by atoms with E-state index < -0.39 is 27.5 Å². The fraction of sp³-hybridized carbons (Fsp3) is 0.400. The lowest BCUT2D eigenvalue weighted by Gasteiger charge is -1.93. The largest absolute Gasteiger partial charge is 0.476 e. The van der Waals surface area contributed by atoms with Crippen molar-refractivity contribution in [3.8, 4) is 0 Å². The number of rotatable bonds is 3. The Balaban J connectivity index is 5.16. The minimum absolute atomic E-state index is 0.707. The summed E-state index contributed by atoms with van der Waals surface area (Å²) in [5.41, 5.74) is -0.975. The van der Waals surface area contributed by atoms with Gasteiger partial charge in [-0.15, -0.1) is 0 Å². The molecule has 0 heterocycles. The third-order valence-electron chi connectivity index (χ3n) is 0.793. The normalized spacial score (nSPS) is 12.7. The van der Waals surface area contributed by atoms with E-state index in [4.69, 9.17) is 5.11 Å². The number of carboxylic acid groups (broad SMARTS) is 1. The Bertz CT molecular complexity index is 323. The highest BCUT2D eigenvalue weighted by Gasteiger charge is 2.17. The summed E-state index contributed by atoms with van der Waals surface area (Å²) in [5, 5.41) is 8.29. The molecule has 0 amide bonds. The molecule has 0 aromatic carbocycles. The molecule has 68 valence electrons. The number of aliphatic carboxylic acids is 1. The molecule has 0 rings (SSSR count). The summed E-state index contributed by atoms with van der Waals surface area (Å²) in [6.07, 6.45) is 0.707. The zero-order valence-electron chi connectivity index (χ0n) is 6.44. The molecule has 0 aliphatic heterocycles. The molecule has 0 aliphatic carbocycles. The second kappa shape index (κ2) is 3.44. The maximum Gasteiger partial charge on any atom is 0.359 e. The lowest BCUT2D eigenvalue weighted by Crippen LogP contribution is -2.22. The number of carboxylic acids is 1. The van der Waals surface area contributed by atoms with Crippen LogP contribution in [0.3, 0.4) is 0 Å². The van der Waals surface area contributed by atoms with Gasteiger partial charge in [0.2, 0.25) is 5.71 Å². The van der Waals surface area contributed by atoms with Gasteiger partial charge in [-0.25, -0.2) is 13.2 Å². The molecule has 12 heavy (non-hydrogen) atoms. The van der Waals surface area contributed by atoms with Crippen molar-refractivity contribution in [1.29, 1.82) is 0 Å².